The van der Waals surface area contributed by atoms with Gasteiger partial charge in [0.1, 0.15) is 0 Å². The molecule has 0 atom stereocenters. The van der Waals surface area contributed by atoms with Gasteiger partial charge >= 0.3 is 0 Å². The molecule has 0 spiro atoms. The van der Waals surface area contributed by atoms with E-state index in [1.54, 1.807) is 0 Å². The zero-order valence-electron chi connectivity index (χ0n) is 9.68. The average molecular weight is 236 g/mol. The molecule has 0 nitrogen and oxygen atoms in total. The summed E-state index contributed by atoms with van der Waals surface area (Å²) in [5.74, 6) is 0. The van der Waals surface area contributed by atoms with E-state index >= 15 is 0 Å². The van der Waals surface area contributed by atoms with Gasteiger partial charge in [-0.05, 0) is 28.7 Å². The Morgan fingerprint density at radius 1 is 0.688 bits per heavy atom. The summed E-state index contributed by atoms with van der Waals surface area (Å²) in [7, 11) is 0. The van der Waals surface area contributed by atoms with Crippen LogP contribution in [0, 0.1) is 37.7 Å². The van der Waals surface area contributed by atoms with E-state index in [0.717, 1.165) is 6.42 Å². The number of hydrogen-bond donors (Lipinski definition) is 0. The van der Waals surface area contributed by atoms with Crippen molar-refractivity contribution in [3.8, 4) is 11.1 Å². The SMILES string of the molecule is CC.[Ar].c1ccc2c(c1)Cc1ccccc1-2. The smallest absolute Gasteiger partial charge is 0 e. The van der Waals surface area contributed by atoms with Crippen molar-refractivity contribution in [1.82, 2.24) is 0 Å². The summed E-state index contributed by atoms with van der Waals surface area (Å²) in [6.45, 7) is 4.00. The molecule has 2 aromatic carbocycles. The molecule has 0 N–H and O–H groups in total. The first kappa shape index (κ1) is 13.8. The molecule has 84 valence electrons. The van der Waals surface area contributed by atoms with Crippen LogP contribution in [0.15, 0.2) is 48.5 Å². The van der Waals surface area contributed by atoms with Crippen molar-refractivity contribution >= 4 is 0 Å². The Labute approximate surface area is 128 Å². The quantitative estimate of drug-likeness (QED) is 0.546. The van der Waals surface area contributed by atoms with Gasteiger partial charge in [0.25, 0.3) is 0 Å². The third-order valence-electron chi connectivity index (χ3n) is 2.71. The molecule has 0 heterocycles. The topological polar surface area (TPSA) is 0 Å². The van der Waals surface area contributed by atoms with Gasteiger partial charge in [-0.3, -0.25) is 0 Å². The number of fused-ring (bicyclic) bond motifs is 3. The van der Waals surface area contributed by atoms with Gasteiger partial charge in [-0.1, -0.05) is 62.4 Å². The Morgan fingerprint density at radius 2 is 1.06 bits per heavy atom. The predicted octanol–water partition coefficient (Wildman–Crippen LogP) is 4.28. The van der Waals surface area contributed by atoms with Gasteiger partial charge in [0.05, 0.1) is 0 Å². The van der Waals surface area contributed by atoms with Crippen LogP contribution < -0.4 is 0 Å². The van der Waals surface area contributed by atoms with Gasteiger partial charge in [0.2, 0.25) is 0 Å². The van der Waals surface area contributed by atoms with Crippen molar-refractivity contribution in [1.29, 1.82) is 0 Å². The van der Waals surface area contributed by atoms with Crippen molar-refractivity contribution in [2.75, 3.05) is 0 Å². The van der Waals surface area contributed by atoms with Gasteiger partial charge in [-0.2, -0.15) is 0 Å². The molecule has 0 aliphatic heterocycles. The van der Waals surface area contributed by atoms with Gasteiger partial charge in [0.15, 0.2) is 0 Å². The summed E-state index contributed by atoms with van der Waals surface area (Å²) in [6, 6.07) is 17.3. The van der Waals surface area contributed by atoms with Crippen molar-refractivity contribution < 1.29 is 37.7 Å². The molecule has 0 saturated carbocycles. The van der Waals surface area contributed by atoms with E-state index < -0.39 is 0 Å². The number of benzene rings is 2. The third-order valence-corrected chi connectivity index (χ3v) is 2.71. The predicted molar refractivity (Wildman–Crippen MR) is 66.0 cm³/mol. The standard InChI is InChI=1S/C13H10.C2H6.Ar/c1-3-7-12-10(5-1)9-11-6-2-4-8-13(11)12;1-2;/h1-8H,9H2;1-2H3;. The molecule has 0 aromatic heterocycles. The second-order valence-electron chi connectivity index (χ2n) is 3.49. The van der Waals surface area contributed by atoms with Crippen molar-refractivity contribution in [3.05, 3.63) is 59.7 Å². The molecule has 1 aliphatic rings. The molecule has 0 bridgehead atoms. The first-order valence-corrected chi connectivity index (χ1v) is 5.61. The Hall–Kier alpha value is -0.300. The van der Waals surface area contributed by atoms with Crippen LogP contribution in [0.25, 0.3) is 11.1 Å². The molecular weight excluding hydrogens is 220 g/mol. The fourth-order valence-corrected chi connectivity index (χ4v) is 2.08. The fourth-order valence-electron chi connectivity index (χ4n) is 2.08. The zero-order valence-corrected chi connectivity index (χ0v) is 10.4. The largest absolute Gasteiger partial charge is 0.0683 e. The first-order chi connectivity index (χ1) is 7.45. The molecule has 0 unspecified atom stereocenters. The normalized spacial score (nSPS) is 10.4. The minimum Gasteiger partial charge on any atom is -0.0683 e. The van der Waals surface area contributed by atoms with Gasteiger partial charge < -0.3 is 0 Å². The van der Waals surface area contributed by atoms with Gasteiger partial charge in [-0.25, -0.2) is 0 Å². The van der Waals surface area contributed by atoms with Crippen LogP contribution in [0.3, 0.4) is 0 Å². The molecule has 0 radical (unpaired) electrons. The summed E-state index contributed by atoms with van der Waals surface area (Å²) >= 11 is 0. The molecule has 3 rings (SSSR count). The zero-order chi connectivity index (χ0) is 10.7. The van der Waals surface area contributed by atoms with Crippen LogP contribution in [0.5, 0.6) is 0 Å². The van der Waals surface area contributed by atoms with Gasteiger partial charge in [-0.15, -0.1) is 0 Å². The van der Waals surface area contributed by atoms with Crippen LogP contribution in [0.1, 0.15) is 25.0 Å². The van der Waals surface area contributed by atoms with Crippen molar-refractivity contribution in [2.45, 2.75) is 20.3 Å². The second-order valence-corrected chi connectivity index (χ2v) is 3.49. The van der Waals surface area contributed by atoms with E-state index in [-0.39, 0.29) is 37.7 Å². The molecule has 1 heteroatoms. The molecule has 2 aromatic rings. The number of rotatable bonds is 0. The first-order valence-electron chi connectivity index (χ1n) is 5.61. The summed E-state index contributed by atoms with van der Waals surface area (Å²) < 4.78 is 0. The molecule has 16 heavy (non-hydrogen) atoms. The van der Waals surface area contributed by atoms with E-state index in [0.29, 0.717) is 0 Å². The molecule has 0 fully saturated rings. The Balaban J connectivity index is 0.000000406. The fraction of sp³-hybridized carbons (Fsp3) is 0.200. The maximum atomic E-state index is 2.22. The minimum atomic E-state index is 0. The summed E-state index contributed by atoms with van der Waals surface area (Å²) in [4.78, 5) is 0. The monoisotopic (exact) mass is 236 g/mol. The summed E-state index contributed by atoms with van der Waals surface area (Å²) in [6.07, 6.45) is 1.10. The van der Waals surface area contributed by atoms with Crippen LogP contribution in [0.2, 0.25) is 0 Å². The second kappa shape index (κ2) is 6.44. The van der Waals surface area contributed by atoms with E-state index in [1.807, 2.05) is 13.8 Å². The summed E-state index contributed by atoms with van der Waals surface area (Å²) in [5, 5.41) is 0. The van der Waals surface area contributed by atoms with E-state index in [2.05, 4.69) is 48.5 Å². The maximum absolute atomic E-state index is 2.22. The Kier molecular flexibility index (Phi) is 5.54. The Bertz CT molecular complexity index is 417. The number of hydrogen-bond acceptors (Lipinski definition) is 0. The molecule has 0 amide bonds. The summed E-state index contributed by atoms with van der Waals surface area (Å²) in [5.41, 5.74) is 5.75. The van der Waals surface area contributed by atoms with Crippen molar-refractivity contribution in [2.24, 2.45) is 0 Å². The molecular formula is C15H16Ar. The molecule has 1 aliphatic carbocycles. The van der Waals surface area contributed by atoms with Crippen LogP contribution >= 0.6 is 0 Å². The minimum absolute atomic E-state index is 0. The maximum Gasteiger partial charge on any atom is 0 e. The van der Waals surface area contributed by atoms with E-state index in [9.17, 15) is 0 Å². The van der Waals surface area contributed by atoms with Crippen LogP contribution in [-0.4, -0.2) is 0 Å². The average Bonchev–Trinajstić information content (AvgIpc) is 2.70. The Morgan fingerprint density at radius 3 is 1.50 bits per heavy atom. The van der Waals surface area contributed by atoms with E-state index in [4.69, 9.17) is 0 Å². The van der Waals surface area contributed by atoms with E-state index in [1.165, 1.54) is 22.3 Å². The van der Waals surface area contributed by atoms with Crippen LogP contribution in [-0.2, 0) is 6.42 Å². The van der Waals surface area contributed by atoms with Gasteiger partial charge in [0, 0.05) is 37.7 Å². The molecule has 0 saturated heterocycles. The van der Waals surface area contributed by atoms with Crippen LogP contribution in [0.4, 0.5) is 0 Å². The third kappa shape index (κ3) is 2.50. The van der Waals surface area contributed by atoms with Crippen molar-refractivity contribution in [3.63, 3.8) is 0 Å².